The van der Waals surface area contributed by atoms with Crippen molar-refractivity contribution in [2.45, 2.75) is 52.7 Å². The van der Waals surface area contributed by atoms with E-state index in [1.807, 2.05) is 13.8 Å². The Labute approximate surface area is 106 Å². The fourth-order valence-corrected chi connectivity index (χ4v) is 0.811. The van der Waals surface area contributed by atoms with Crippen LogP contribution in [0.25, 0.3) is 0 Å². The van der Waals surface area contributed by atoms with Gasteiger partial charge in [-0.1, -0.05) is 13.8 Å². The van der Waals surface area contributed by atoms with E-state index in [2.05, 4.69) is 13.8 Å². The van der Waals surface area contributed by atoms with Gasteiger partial charge in [-0.3, -0.25) is 0 Å². The van der Waals surface area contributed by atoms with E-state index in [0.717, 1.165) is 26.1 Å². The van der Waals surface area contributed by atoms with E-state index < -0.39 is 0 Å². The first kappa shape index (κ1) is 19.2. The molecule has 17 heavy (non-hydrogen) atoms. The Balaban J connectivity index is 0. The van der Waals surface area contributed by atoms with E-state index in [1.165, 1.54) is 0 Å². The first-order valence-corrected chi connectivity index (χ1v) is 6.45. The summed E-state index contributed by atoms with van der Waals surface area (Å²) in [7, 11) is 1.64. The van der Waals surface area contributed by atoms with E-state index in [1.54, 1.807) is 7.11 Å². The molecule has 0 rings (SSSR count). The predicted molar refractivity (Wildman–Crippen MR) is 70.4 cm³/mol. The average Bonchev–Trinajstić information content (AvgIpc) is 2.36. The van der Waals surface area contributed by atoms with E-state index in [-0.39, 0.29) is 18.8 Å². The summed E-state index contributed by atoms with van der Waals surface area (Å²) < 4.78 is 15.2. The minimum absolute atomic E-state index is 0.0659. The van der Waals surface area contributed by atoms with E-state index >= 15 is 0 Å². The molecule has 0 aromatic heterocycles. The quantitative estimate of drug-likeness (QED) is 0.638. The van der Waals surface area contributed by atoms with Gasteiger partial charge in [-0.2, -0.15) is 0 Å². The second-order valence-corrected chi connectivity index (χ2v) is 3.99. The lowest BCUT2D eigenvalue weighted by atomic mass is 10.4. The third kappa shape index (κ3) is 18.4. The van der Waals surface area contributed by atoms with Gasteiger partial charge in [0.25, 0.3) is 0 Å². The molecular weight excluding hydrogens is 220 g/mol. The molecule has 0 spiro atoms. The molecule has 106 valence electrons. The zero-order valence-electron chi connectivity index (χ0n) is 12.1. The maximum absolute atomic E-state index is 8.55. The fraction of sp³-hybridized carbons (Fsp3) is 1.00. The average molecular weight is 250 g/mol. The Morgan fingerprint density at radius 1 is 1.00 bits per heavy atom. The maximum Gasteiger partial charge on any atom is 0.0779 e. The van der Waals surface area contributed by atoms with Crippen LogP contribution in [0.3, 0.4) is 0 Å². The van der Waals surface area contributed by atoms with Crippen LogP contribution in [-0.4, -0.2) is 50.9 Å². The van der Waals surface area contributed by atoms with Crippen molar-refractivity contribution in [1.82, 2.24) is 0 Å². The van der Waals surface area contributed by atoms with Gasteiger partial charge in [0.1, 0.15) is 0 Å². The van der Waals surface area contributed by atoms with Gasteiger partial charge in [0.15, 0.2) is 0 Å². The molecule has 0 aromatic rings. The molecule has 0 aromatic carbocycles. The highest BCUT2D eigenvalue weighted by Crippen LogP contribution is 1.93. The van der Waals surface area contributed by atoms with E-state index in [0.29, 0.717) is 6.61 Å². The molecule has 2 unspecified atom stereocenters. The van der Waals surface area contributed by atoms with Gasteiger partial charge >= 0.3 is 0 Å². The molecule has 0 aliphatic carbocycles. The number of rotatable bonds is 9. The van der Waals surface area contributed by atoms with Crippen LogP contribution in [0.5, 0.6) is 0 Å². The van der Waals surface area contributed by atoms with Gasteiger partial charge in [0.05, 0.1) is 25.4 Å². The van der Waals surface area contributed by atoms with Crippen molar-refractivity contribution in [2.24, 2.45) is 0 Å². The molecule has 0 amide bonds. The lowest BCUT2D eigenvalue weighted by molar-refractivity contribution is -0.0313. The van der Waals surface area contributed by atoms with Gasteiger partial charge in [0, 0.05) is 20.3 Å². The Kier molecular flexibility index (Phi) is 17.9. The molecule has 4 nitrogen and oxygen atoms in total. The van der Waals surface area contributed by atoms with Crippen LogP contribution >= 0.6 is 0 Å². The summed E-state index contributed by atoms with van der Waals surface area (Å²) >= 11 is 0. The number of hydrogen-bond donors (Lipinski definition) is 1. The van der Waals surface area contributed by atoms with Crippen LogP contribution in [0.15, 0.2) is 0 Å². The van der Waals surface area contributed by atoms with Gasteiger partial charge in [0.2, 0.25) is 0 Å². The minimum Gasteiger partial charge on any atom is -0.394 e. The summed E-state index contributed by atoms with van der Waals surface area (Å²) in [4.78, 5) is 0. The van der Waals surface area contributed by atoms with Crippen molar-refractivity contribution in [3.05, 3.63) is 0 Å². The van der Waals surface area contributed by atoms with Gasteiger partial charge in [-0.25, -0.2) is 0 Å². The number of aliphatic hydroxyl groups excluding tert-OH is 1. The SMILES string of the molecule is CCCOCCC.COC(C)COC(C)CO. The molecule has 0 saturated heterocycles. The van der Waals surface area contributed by atoms with Crippen molar-refractivity contribution in [3.63, 3.8) is 0 Å². The van der Waals surface area contributed by atoms with Crippen molar-refractivity contribution in [3.8, 4) is 0 Å². The second kappa shape index (κ2) is 15.8. The molecule has 0 fully saturated rings. The van der Waals surface area contributed by atoms with E-state index in [9.17, 15) is 0 Å². The van der Waals surface area contributed by atoms with Crippen LogP contribution in [0.1, 0.15) is 40.5 Å². The molecule has 0 aliphatic heterocycles. The standard InChI is InChI=1S/C7H16O3.C6H14O/c1-6(4-8)10-5-7(2)9-3;1-3-5-7-6-4-2/h6-8H,4-5H2,1-3H3;3-6H2,1-2H3. The molecule has 0 bridgehead atoms. The highest BCUT2D eigenvalue weighted by Gasteiger charge is 2.03. The van der Waals surface area contributed by atoms with Gasteiger partial charge < -0.3 is 19.3 Å². The van der Waals surface area contributed by atoms with Crippen LogP contribution < -0.4 is 0 Å². The molecule has 4 heteroatoms. The first-order valence-electron chi connectivity index (χ1n) is 6.45. The smallest absolute Gasteiger partial charge is 0.0779 e. The van der Waals surface area contributed by atoms with Crippen molar-refractivity contribution in [1.29, 1.82) is 0 Å². The summed E-state index contributed by atoms with van der Waals surface area (Å²) in [5.41, 5.74) is 0. The van der Waals surface area contributed by atoms with Crippen molar-refractivity contribution < 1.29 is 19.3 Å². The normalized spacial score (nSPS) is 13.8. The van der Waals surface area contributed by atoms with Crippen LogP contribution in [0.4, 0.5) is 0 Å². The number of aliphatic hydroxyl groups is 1. The largest absolute Gasteiger partial charge is 0.394 e. The van der Waals surface area contributed by atoms with Gasteiger partial charge in [-0.15, -0.1) is 0 Å². The molecule has 2 atom stereocenters. The monoisotopic (exact) mass is 250 g/mol. The Morgan fingerprint density at radius 2 is 1.53 bits per heavy atom. The summed E-state index contributed by atoms with van der Waals surface area (Å²) in [5, 5.41) is 8.55. The highest BCUT2D eigenvalue weighted by molar-refractivity contribution is 4.49. The fourth-order valence-electron chi connectivity index (χ4n) is 0.811. The summed E-state index contributed by atoms with van der Waals surface area (Å²) in [6.45, 7) is 10.4. The topological polar surface area (TPSA) is 47.9 Å². The zero-order chi connectivity index (χ0) is 13.5. The summed E-state index contributed by atoms with van der Waals surface area (Å²) in [6, 6.07) is 0. The van der Waals surface area contributed by atoms with Crippen LogP contribution in [-0.2, 0) is 14.2 Å². The molecule has 0 heterocycles. The Bertz CT molecular complexity index is 117. The van der Waals surface area contributed by atoms with E-state index in [4.69, 9.17) is 19.3 Å². The lowest BCUT2D eigenvalue weighted by Crippen LogP contribution is -2.21. The van der Waals surface area contributed by atoms with Crippen LogP contribution in [0.2, 0.25) is 0 Å². The lowest BCUT2D eigenvalue weighted by Gasteiger charge is -2.13. The Morgan fingerprint density at radius 3 is 1.88 bits per heavy atom. The second-order valence-electron chi connectivity index (χ2n) is 3.99. The third-order valence-corrected chi connectivity index (χ3v) is 1.97. The molecule has 0 aliphatic rings. The number of methoxy groups -OCH3 is 1. The highest BCUT2D eigenvalue weighted by atomic mass is 16.5. The first-order chi connectivity index (χ1) is 8.12. The number of hydrogen-bond acceptors (Lipinski definition) is 4. The molecular formula is C13H30O4. The van der Waals surface area contributed by atoms with Crippen molar-refractivity contribution >= 4 is 0 Å². The van der Waals surface area contributed by atoms with Gasteiger partial charge in [-0.05, 0) is 26.7 Å². The summed E-state index contributed by atoms with van der Waals surface area (Å²) in [5.74, 6) is 0. The Hall–Kier alpha value is -0.160. The molecule has 1 N–H and O–H groups in total. The summed E-state index contributed by atoms with van der Waals surface area (Å²) in [6.07, 6.45) is 2.30. The number of ether oxygens (including phenoxy) is 3. The predicted octanol–water partition coefficient (Wildman–Crippen LogP) is 2.24. The molecule has 0 saturated carbocycles. The zero-order valence-corrected chi connectivity index (χ0v) is 12.1. The maximum atomic E-state index is 8.55. The van der Waals surface area contributed by atoms with Crippen LogP contribution in [0, 0.1) is 0 Å². The molecule has 0 radical (unpaired) electrons. The minimum atomic E-state index is -0.0856. The third-order valence-electron chi connectivity index (χ3n) is 1.97. The van der Waals surface area contributed by atoms with Crippen molar-refractivity contribution in [2.75, 3.05) is 33.5 Å².